The fraction of sp³-hybridized carbons (Fsp3) is 0.182. The molecule has 2 aromatic heterocycles. The molecule has 1 fully saturated rings. The molecule has 1 amide bonds. The maximum Gasteiger partial charge on any atom is 0.238 e. The fourth-order valence-electron chi connectivity index (χ4n) is 3.19. The maximum atomic E-state index is 13.0. The molecule has 1 atom stereocenters. The van der Waals surface area contributed by atoms with Gasteiger partial charge in [-0.2, -0.15) is 5.10 Å². The first-order valence-electron chi connectivity index (χ1n) is 9.56. The third-order valence-electron chi connectivity index (χ3n) is 4.82. The highest BCUT2D eigenvalue weighted by molar-refractivity contribution is 8.00. The number of aromatic nitrogens is 4. The number of amides is 1. The zero-order valence-corrected chi connectivity index (χ0v) is 16.4. The van der Waals surface area contributed by atoms with Gasteiger partial charge in [0.2, 0.25) is 5.91 Å². The molecule has 1 saturated carbocycles. The molecule has 1 aliphatic rings. The van der Waals surface area contributed by atoms with Gasteiger partial charge in [-0.3, -0.25) is 4.79 Å². The molecule has 2 heterocycles. The van der Waals surface area contributed by atoms with Crippen molar-refractivity contribution in [2.75, 3.05) is 0 Å². The lowest BCUT2D eigenvalue weighted by atomic mass is 10.1. The number of rotatable bonds is 6. The Balaban J connectivity index is 1.52. The van der Waals surface area contributed by atoms with Crippen LogP contribution in [0.25, 0.3) is 16.7 Å². The molecule has 0 aliphatic heterocycles. The average molecular weight is 401 g/mol. The quantitative estimate of drug-likeness (QED) is 0.391. The van der Waals surface area contributed by atoms with Crippen molar-refractivity contribution in [3.8, 4) is 5.69 Å². The van der Waals surface area contributed by atoms with E-state index in [1.165, 1.54) is 18.1 Å². The summed E-state index contributed by atoms with van der Waals surface area (Å²) in [5.74, 6) is 0.0194. The molecular weight excluding hydrogens is 382 g/mol. The molecule has 7 heteroatoms. The van der Waals surface area contributed by atoms with Crippen molar-refractivity contribution in [3.05, 3.63) is 78.8 Å². The van der Waals surface area contributed by atoms with Gasteiger partial charge in [-0.1, -0.05) is 60.3 Å². The zero-order chi connectivity index (χ0) is 19.6. The van der Waals surface area contributed by atoms with Crippen molar-refractivity contribution in [2.24, 2.45) is 0 Å². The molecule has 6 nitrogen and oxygen atoms in total. The number of thioether (sulfide) groups is 1. The van der Waals surface area contributed by atoms with Crippen molar-refractivity contribution < 1.29 is 4.79 Å². The molecule has 0 unspecified atom stereocenters. The third-order valence-corrected chi connectivity index (χ3v) is 6.09. The maximum absolute atomic E-state index is 13.0. The van der Waals surface area contributed by atoms with Crippen LogP contribution < -0.4 is 5.32 Å². The summed E-state index contributed by atoms with van der Waals surface area (Å²) in [6, 6.07) is 20.0. The second-order valence-corrected chi connectivity index (χ2v) is 8.09. The smallest absolute Gasteiger partial charge is 0.238 e. The minimum Gasteiger partial charge on any atom is -0.352 e. The number of benzene rings is 2. The summed E-state index contributed by atoms with van der Waals surface area (Å²) in [5.41, 5.74) is 2.62. The highest BCUT2D eigenvalue weighted by Crippen LogP contribution is 2.38. The van der Waals surface area contributed by atoms with E-state index in [1.54, 1.807) is 10.9 Å². The SMILES string of the molecule is O=C(NC1CC1)[C@H](Sc1ncnc2c1cnn2-c1ccccc1)c1ccccc1. The lowest BCUT2D eigenvalue weighted by Gasteiger charge is -2.16. The van der Waals surface area contributed by atoms with Crippen LogP contribution in [0.5, 0.6) is 0 Å². The van der Waals surface area contributed by atoms with Gasteiger partial charge in [-0.25, -0.2) is 14.6 Å². The first-order valence-corrected chi connectivity index (χ1v) is 10.4. The summed E-state index contributed by atoms with van der Waals surface area (Å²) in [6.45, 7) is 0. The van der Waals surface area contributed by atoms with Crippen LogP contribution in [-0.2, 0) is 4.79 Å². The molecule has 1 aliphatic carbocycles. The Labute approximate surface area is 172 Å². The number of hydrogen-bond acceptors (Lipinski definition) is 5. The average Bonchev–Trinajstić information content (AvgIpc) is 3.47. The van der Waals surface area contributed by atoms with E-state index in [9.17, 15) is 4.79 Å². The number of carbonyl (C=O) groups excluding carboxylic acids is 1. The molecule has 5 rings (SSSR count). The standard InChI is InChI=1S/C22H19N5OS/c28-21(26-16-11-12-16)19(15-7-3-1-4-8-15)29-22-18-13-25-27(20(18)23-14-24-22)17-9-5-2-6-10-17/h1-10,13-14,16,19H,11-12H2,(H,26,28)/t19-/m1/s1. The summed E-state index contributed by atoms with van der Waals surface area (Å²) in [5, 5.41) is 8.84. The van der Waals surface area contributed by atoms with Crippen molar-refractivity contribution in [2.45, 2.75) is 29.2 Å². The number of carbonyl (C=O) groups is 1. The van der Waals surface area contributed by atoms with Gasteiger partial charge in [0.15, 0.2) is 5.65 Å². The first kappa shape index (κ1) is 17.9. The van der Waals surface area contributed by atoms with E-state index in [-0.39, 0.29) is 11.2 Å². The zero-order valence-electron chi connectivity index (χ0n) is 15.6. The van der Waals surface area contributed by atoms with Crippen LogP contribution in [-0.4, -0.2) is 31.7 Å². The van der Waals surface area contributed by atoms with Crippen LogP contribution in [0, 0.1) is 0 Å². The molecule has 0 radical (unpaired) electrons. The van der Waals surface area contributed by atoms with Crippen molar-refractivity contribution in [1.82, 2.24) is 25.1 Å². The minimum atomic E-state index is -0.380. The predicted molar refractivity (Wildman–Crippen MR) is 113 cm³/mol. The Hall–Kier alpha value is -3.19. The molecule has 29 heavy (non-hydrogen) atoms. The number of nitrogens with one attached hydrogen (secondary N) is 1. The van der Waals surface area contributed by atoms with Crippen LogP contribution in [0.4, 0.5) is 0 Å². The summed E-state index contributed by atoms with van der Waals surface area (Å²) >= 11 is 1.44. The fourth-order valence-corrected chi connectivity index (χ4v) is 4.26. The second kappa shape index (κ2) is 7.67. The van der Waals surface area contributed by atoms with Crippen molar-refractivity contribution >= 4 is 28.7 Å². The van der Waals surface area contributed by atoms with Crippen LogP contribution in [0.3, 0.4) is 0 Å². The Morgan fingerprint density at radius 1 is 1.03 bits per heavy atom. The second-order valence-electron chi connectivity index (χ2n) is 7.00. The summed E-state index contributed by atoms with van der Waals surface area (Å²) in [6.07, 6.45) is 5.41. The van der Waals surface area contributed by atoms with Gasteiger partial charge in [0.1, 0.15) is 16.6 Å². The van der Waals surface area contributed by atoms with Gasteiger partial charge in [0.25, 0.3) is 0 Å². The number of hydrogen-bond donors (Lipinski definition) is 1. The number of nitrogens with zero attached hydrogens (tertiary/aromatic N) is 4. The highest BCUT2D eigenvalue weighted by Gasteiger charge is 2.30. The van der Waals surface area contributed by atoms with Gasteiger partial charge < -0.3 is 5.32 Å². The normalized spacial score (nSPS) is 14.6. The van der Waals surface area contributed by atoms with E-state index in [0.29, 0.717) is 6.04 Å². The van der Waals surface area contributed by atoms with E-state index >= 15 is 0 Å². The van der Waals surface area contributed by atoms with Gasteiger partial charge in [-0.15, -0.1) is 0 Å². The van der Waals surface area contributed by atoms with E-state index in [2.05, 4.69) is 20.4 Å². The lowest BCUT2D eigenvalue weighted by Crippen LogP contribution is -2.29. The Morgan fingerprint density at radius 3 is 2.48 bits per heavy atom. The molecule has 4 aromatic rings. The number of para-hydroxylation sites is 1. The van der Waals surface area contributed by atoms with Crippen molar-refractivity contribution in [3.63, 3.8) is 0 Å². The highest BCUT2D eigenvalue weighted by atomic mass is 32.2. The van der Waals surface area contributed by atoms with E-state index in [0.717, 1.165) is 40.2 Å². The monoisotopic (exact) mass is 401 g/mol. The summed E-state index contributed by atoms with van der Waals surface area (Å²) < 4.78 is 1.79. The minimum absolute atomic E-state index is 0.0194. The topological polar surface area (TPSA) is 72.7 Å². The predicted octanol–water partition coefficient (Wildman–Crippen LogP) is 3.93. The molecule has 144 valence electrons. The largest absolute Gasteiger partial charge is 0.352 e. The first-order chi connectivity index (χ1) is 14.3. The molecular formula is C22H19N5OS. The molecule has 0 bridgehead atoms. The van der Waals surface area contributed by atoms with E-state index in [1.807, 2.05) is 60.7 Å². The molecule has 0 spiro atoms. The molecule has 2 aromatic carbocycles. The van der Waals surface area contributed by atoms with Crippen LogP contribution in [0.2, 0.25) is 0 Å². The Bertz CT molecular complexity index is 1140. The van der Waals surface area contributed by atoms with Gasteiger partial charge in [0, 0.05) is 6.04 Å². The molecule has 1 N–H and O–H groups in total. The van der Waals surface area contributed by atoms with Crippen LogP contribution in [0.1, 0.15) is 23.7 Å². The van der Waals surface area contributed by atoms with E-state index < -0.39 is 0 Å². The van der Waals surface area contributed by atoms with Gasteiger partial charge in [0.05, 0.1) is 17.3 Å². The van der Waals surface area contributed by atoms with E-state index in [4.69, 9.17) is 0 Å². The van der Waals surface area contributed by atoms with Crippen LogP contribution in [0.15, 0.2) is 78.2 Å². The summed E-state index contributed by atoms with van der Waals surface area (Å²) in [4.78, 5) is 21.9. The molecule has 0 saturated heterocycles. The lowest BCUT2D eigenvalue weighted by molar-refractivity contribution is -0.120. The van der Waals surface area contributed by atoms with Gasteiger partial charge in [-0.05, 0) is 30.5 Å². The van der Waals surface area contributed by atoms with Crippen LogP contribution >= 0.6 is 11.8 Å². The van der Waals surface area contributed by atoms with Gasteiger partial charge >= 0.3 is 0 Å². The summed E-state index contributed by atoms with van der Waals surface area (Å²) in [7, 11) is 0. The van der Waals surface area contributed by atoms with Crippen molar-refractivity contribution in [1.29, 1.82) is 0 Å². The number of fused-ring (bicyclic) bond motifs is 1. The Morgan fingerprint density at radius 2 is 1.76 bits per heavy atom. The Kier molecular flexibility index (Phi) is 4.73. The third kappa shape index (κ3) is 3.73.